The monoisotopic (exact) mass is 266 g/mol. The van der Waals surface area contributed by atoms with Gasteiger partial charge in [-0.15, -0.1) is 0 Å². The molecule has 0 fully saturated rings. The second-order valence-corrected chi connectivity index (χ2v) is 4.65. The smallest absolute Gasteiger partial charge is 0.0839 e. The Labute approximate surface area is 116 Å². The first-order valence-corrected chi connectivity index (χ1v) is 6.91. The minimum absolute atomic E-state index is 0.356. The van der Waals surface area contributed by atoms with Gasteiger partial charge in [0.1, 0.15) is 0 Å². The summed E-state index contributed by atoms with van der Waals surface area (Å²) >= 11 is 0. The largest absolute Gasteiger partial charge is 0.390 e. The van der Waals surface area contributed by atoms with Gasteiger partial charge in [0.05, 0.1) is 12.7 Å². The number of aliphatic hydroxyl groups excluding tert-OH is 1. The quantitative estimate of drug-likeness (QED) is 0.717. The molecule has 0 spiro atoms. The molecule has 0 amide bonds. The number of likely N-dealkylation sites (N-methyl/N-ethyl adjacent to an activating group) is 1. The molecule has 0 aliphatic rings. The maximum Gasteiger partial charge on any atom is 0.0839 e. The molecule has 0 radical (unpaired) electrons. The molecule has 0 saturated heterocycles. The highest BCUT2D eigenvalue weighted by atomic mass is 16.5. The van der Waals surface area contributed by atoms with E-state index >= 15 is 0 Å². The molecule has 1 aromatic carbocycles. The van der Waals surface area contributed by atoms with E-state index in [9.17, 15) is 5.11 Å². The van der Waals surface area contributed by atoms with E-state index < -0.39 is 0 Å². The lowest BCUT2D eigenvalue weighted by Gasteiger charge is -2.22. The first-order valence-electron chi connectivity index (χ1n) is 6.91. The van der Waals surface area contributed by atoms with Crippen LogP contribution in [0.1, 0.15) is 19.4 Å². The van der Waals surface area contributed by atoms with Crippen molar-refractivity contribution < 1.29 is 9.84 Å². The van der Waals surface area contributed by atoms with Gasteiger partial charge in [-0.2, -0.15) is 0 Å². The Morgan fingerprint density at radius 3 is 2.68 bits per heavy atom. The Morgan fingerprint density at radius 1 is 1.32 bits per heavy atom. The highest BCUT2D eigenvalue weighted by molar-refractivity contribution is 5.45. The standard InChI is InChI=1S/C15H26N2O2/c1-4-17(5-2)11-15(18)10-16-14-8-6-7-13(9-14)12-19-3/h6-9,15-16,18H,4-5,10-12H2,1-3H3. The van der Waals surface area contributed by atoms with Gasteiger partial charge >= 0.3 is 0 Å². The molecule has 4 nitrogen and oxygen atoms in total. The molecule has 4 heteroatoms. The van der Waals surface area contributed by atoms with Crippen molar-refractivity contribution in [2.24, 2.45) is 0 Å². The number of rotatable bonds is 9. The highest BCUT2D eigenvalue weighted by Crippen LogP contribution is 2.11. The van der Waals surface area contributed by atoms with Crippen LogP contribution in [0.15, 0.2) is 24.3 Å². The minimum atomic E-state index is -0.356. The second kappa shape index (κ2) is 8.91. The van der Waals surface area contributed by atoms with E-state index in [1.54, 1.807) is 7.11 Å². The Bertz CT molecular complexity index is 354. The van der Waals surface area contributed by atoms with Gasteiger partial charge in [-0.1, -0.05) is 26.0 Å². The third-order valence-electron chi connectivity index (χ3n) is 3.14. The molecule has 1 unspecified atom stereocenters. The Kier molecular flexibility index (Phi) is 7.48. The van der Waals surface area contributed by atoms with E-state index in [0.29, 0.717) is 19.7 Å². The number of hydrogen-bond donors (Lipinski definition) is 2. The average molecular weight is 266 g/mol. The zero-order chi connectivity index (χ0) is 14.1. The number of hydrogen-bond acceptors (Lipinski definition) is 4. The Balaban J connectivity index is 2.40. The summed E-state index contributed by atoms with van der Waals surface area (Å²) in [6.45, 7) is 8.03. The topological polar surface area (TPSA) is 44.7 Å². The molecular weight excluding hydrogens is 240 g/mol. The van der Waals surface area contributed by atoms with Gasteiger partial charge in [-0.3, -0.25) is 0 Å². The number of nitrogens with one attached hydrogen (secondary N) is 1. The Hall–Kier alpha value is -1.10. The first kappa shape index (κ1) is 16.0. The molecule has 1 rings (SSSR count). The molecule has 0 aliphatic carbocycles. The maximum atomic E-state index is 9.99. The predicted octanol–water partition coefficient (Wildman–Crippen LogP) is 1.95. The number of nitrogens with zero attached hydrogens (tertiary/aromatic N) is 1. The number of aliphatic hydroxyl groups is 1. The van der Waals surface area contributed by atoms with Crippen LogP contribution in [0.5, 0.6) is 0 Å². The average Bonchev–Trinajstić information content (AvgIpc) is 2.43. The van der Waals surface area contributed by atoms with Gasteiger partial charge in [0, 0.05) is 25.9 Å². The Morgan fingerprint density at radius 2 is 2.05 bits per heavy atom. The number of ether oxygens (including phenoxy) is 1. The van der Waals surface area contributed by atoms with Crippen molar-refractivity contribution >= 4 is 5.69 Å². The van der Waals surface area contributed by atoms with Crippen molar-refractivity contribution in [1.82, 2.24) is 4.90 Å². The molecule has 108 valence electrons. The summed E-state index contributed by atoms with van der Waals surface area (Å²) in [6, 6.07) is 8.07. The van der Waals surface area contributed by atoms with Crippen molar-refractivity contribution in [2.75, 3.05) is 38.6 Å². The second-order valence-electron chi connectivity index (χ2n) is 4.65. The lowest BCUT2D eigenvalue weighted by Crippen LogP contribution is -2.35. The molecule has 0 aliphatic heterocycles. The van der Waals surface area contributed by atoms with E-state index in [1.807, 2.05) is 24.3 Å². The van der Waals surface area contributed by atoms with Crippen molar-refractivity contribution in [1.29, 1.82) is 0 Å². The SMILES string of the molecule is CCN(CC)CC(O)CNc1cccc(COC)c1. The fraction of sp³-hybridized carbons (Fsp3) is 0.600. The van der Waals surface area contributed by atoms with Crippen LogP contribution in [0.2, 0.25) is 0 Å². The van der Waals surface area contributed by atoms with Crippen LogP contribution >= 0.6 is 0 Å². The third kappa shape index (κ3) is 6.05. The number of anilines is 1. The van der Waals surface area contributed by atoms with Crippen molar-refractivity contribution in [2.45, 2.75) is 26.6 Å². The molecule has 1 atom stereocenters. The van der Waals surface area contributed by atoms with Gasteiger partial charge < -0.3 is 20.1 Å². The molecule has 1 aromatic rings. The third-order valence-corrected chi connectivity index (χ3v) is 3.14. The fourth-order valence-corrected chi connectivity index (χ4v) is 2.02. The van der Waals surface area contributed by atoms with Crippen LogP contribution in [-0.2, 0) is 11.3 Å². The lowest BCUT2D eigenvalue weighted by molar-refractivity contribution is 0.128. The van der Waals surface area contributed by atoms with Gasteiger partial charge in [0.2, 0.25) is 0 Å². The molecule has 2 N–H and O–H groups in total. The highest BCUT2D eigenvalue weighted by Gasteiger charge is 2.08. The molecule has 0 heterocycles. The van der Waals surface area contributed by atoms with Gasteiger partial charge in [0.25, 0.3) is 0 Å². The maximum absolute atomic E-state index is 9.99. The zero-order valence-corrected chi connectivity index (χ0v) is 12.2. The molecular formula is C15H26N2O2. The van der Waals surface area contributed by atoms with Gasteiger partial charge in [0.15, 0.2) is 0 Å². The molecule has 19 heavy (non-hydrogen) atoms. The summed E-state index contributed by atoms with van der Waals surface area (Å²) < 4.78 is 5.11. The molecule has 0 bridgehead atoms. The fourth-order valence-electron chi connectivity index (χ4n) is 2.02. The summed E-state index contributed by atoms with van der Waals surface area (Å²) in [5.74, 6) is 0. The van der Waals surface area contributed by atoms with Crippen LogP contribution in [0.4, 0.5) is 5.69 Å². The number of methoxy groups -OCH3 is 1. The summed E-state index contributed by atoms with van der Waals surface area (Å²) in [4.78, 5) is 2.22. The van der Waals surface area contributed by atoms with E-state index in [1.165, 1.54) is 0 Å². The summed E-state index contributed by atoms with van der Waals surface area (Å²) in [5, 5.41) is 13.3. The zero-order valence-electron chi connectivity index (χ0n) is 12.2. The lowest BCUT2D eigenvalue weighted by atomic mass is 10.2. The predicted molar refractivity (Wildman–Crippen MR) is 79.4 cm³/mol. The van der Waals surface area contributed by atoms with E-state index in [0.717, 1.165) is 24.3 Å². The van der Waals surface area contributed by atoms with Crippen LogP contribution in [0, 0.1) is 0 Å². The van der Waals surface area contributed by atoms with E-state index in [-0.39, 0.29) is 6.10 Å². The molecule has 0 saturated carbocycles. The minimum Gasteiger partial charge on any atom is -0.390 e. The van der Waals surface area contributed by atoms with Crippen molar-refractivity contribution in [3.63, 3.8) is 0 Å². The van der Waals surface area contributed by atoms with E-state index in [4.69, 9.17) is 4.74 Å². The summed E-state index contributed by atoms with van der Waals surface area (Å²) in [5.41, 5.74) is 2.15. The van der Waals surface area contributed by atoms with Crippen LogP contribution < -0.4 is 5.32 Å². The molecule has 0 aromatic heterocycles. The first-order chi connectivity index (χ1) is 9.19. The normalized spacial score (nSPS) is 12.7. The van der Waals surface area contributed by atoms with Crippen molar-refractivity contribution in [3.8, 4) is 0 Å². The van der Waals surface area contributed by atoms with Crippen LogP contribution in [0.3, 0.4) is 0 Å². The van der Waals surface area contributed by atoms with Gasteiger partial charge in [-0.25, -0.2) is 0 Å². The van der Waals surface area contributed by atoms with Gasteiger partial charge in [-0.05, 0) is 30.8 Å². The van der Waals surface area contributed by atoms with Crippen molar-refractivity contribution in [3.05, 3.63) is 29.8 Å². The number of benzene rings is 1. The van der Waals surface area contributed by atoms with E-state index in [2.05, 4.69) is 24.1 Å². The van der Waals surface area contributed by atoms with Crippen LogP contribution in [-0.4, -0.2) is 49.4 Å². The summed E-state index contributed by atoms with van der Waals surface area (Å²) in [7, 11) is 1.69. The summed E-state index contributed by atoms with van der Waals surface area (Å²) in [6.07, 6.45) is -0.356. The van der Waals surface area contributed by atoms with Crippen LogP contribution in [0.25, 0.3) is 0 Å².